The molecule has 1 amide bonds. The third-order valence-corrected chi connectivity index (χ3v) is 5.26. The van der Waals surface area contributed by atoms with Gasteiger partial charge in [0.15, 0.2) is 0 Å². The van der Waals surface area contributed by atoms with E-state index in [1.54, 1.807) is 24.5 Å². The summed E-state index contributed by atoms with van der Waals surface area (Å²) in [7, 11) is 1.85. The summed E-state index contributed by atoms with van der Waals surface area (Å²) in [6, 6.07) is 3.59. The highest BCUT2D eigenvalue weighted by Crippen LogP contribution is 2.33. The molecule has 0 N–H and O–H groups in total. The van der Waals surface area contributed by atoms with Crippen molar-refractivity contribution in [2.75, 3.05) is 39.8 Å². The Morgan fingerprint density at radius 2 is 1.87 bits per heavy atom. The van der Waals surface area contributed by atoms with Crippen LogP contribution in [0.25, 0.3) is 0 Å². The topological polar surface area (TPSA) is 45.7 Å². The largest absolute Gasteiger partial charge is 0.377 e. The molecule has 1 aliphatic heterocycles. The fourth-order valence-electron chi connectivity index (χ4n) is 3.86. The zero-order chi connectivity index (χ0) is 16.1. The predicted molar refractivity (Wildman–Crippen MR) is 89.4 cm³/mol. The van der Waals surface area contributed by atoms with E-state index < -0.39 is 0 Å². The fraction of sp³-hybridized carbons (Fsp3) is 0.667. The highest BCUT2D eigenvalue weighted by Gasteiger charge is 2.36. The van der Waals surface area contributed by atoms with Crippen LogP contribution in [0.2, 0.25) is 0 Å². The van der Waals surface area contributed by atoms with Gasteiger partial charge in [0.1, 0.15) is 0 Å². The zero-order valence-electron chi connectivity index (χ0n) is 14.0. The Morgan fingerprint density at radius 3 is 2.57 bits per heavy atom. The number of nitrogens with zero attached hydrogens (tertiary/aromatic N) is 3. The number of amides is 1. The van der Waals surface area contributed by atoms with E-state index in [2.05, 4.69) is 9.88 Å². The predicted octanol–water partition coefficient (Wildman–Crippen LogP) is 2.19. The lowest BCUT2D eigenvalue weighted by Crippen LogP contribution is -2.44. The minimum atomic E-state index is 0.0459. The van der Waals surface area contributed by atoms with Crippen molar-refractivity contribution in [3.8, 4) is 0 Å². The molecule has 3 rings (SSSR count). The number of rotatable bonds is 4. The maximum absolute atomic E-state index is 12.6. The summed E-state index contributed by atoms with van der Waals surface area (Å²) in [5.41, 5.74) is 0.780. The third kappa shape index (κ3) is 3.90. The van der Waals surface area contributed by atoms with Crippen LogP contribution in [0, 0.1) is 0 Å². The Morgan fingerprint density at radius 1 is 1.13 bits per heavy atom. The summed E-state index contributed by atoms with van der Waals surface area (Å²) in [4.78, 5) is 21.0. The van der Waals surface area contributed by atoms with E-state index in [1.165, 1.54) is 25.7 Å². The number of carbonyl (C=O) groups is 1. The van der Waals surface area contributed by atoms with Crippen LogP contribution in [-0.2, 0) is 4.74 Å². The van der Waals surface area contributed by atoms with E-state index in [0.717, 1.165) is 44.7 Å². The Labute approximate surface area is 138 Å². The molecule has 0 radical (unpaired) electrons. The van der Waals surface area contributed by atoms with E-state index in [1.807, 2.05) is 12.0 Å². The molecule has 126 valence electrons. The molecule has 1 aliphatic carbocycles. The van der Waals surface area contributed by atoms with Crippen LogP contribution in [0.4, 0.5) is 0 Å². The first-order valence-electron chi connectivity index (χ1n) is 8.69. The Bertz CT molecular complexity index is 514. The molecular weight excluding hydrogens is 290 g/mol. The molecule has 2 aliphatic rings. The Hall–Kier alpha value is -1.46. The summed E-state index contributed by atoms with van der Waals surface area (Å²) < 4.78 is 5.86. The SMILES string of the molecule is COC1(CN2CCCN(C(=O)c3ccncc3)CC2)CCCC1. The number of hydrogen-bond donors (Lipinski definition) is 0. The van der Waals surface area contributed by atoms with Crippen LogP contribution in [0.1, 0.15) is 42.5 Å². The van der Waals surface area contributed by atoms with Gasteiger partial charge in [-0.15, -0.1) is 0 Å². The molecule has 0 unspecified atom stereocenters. The summed E-state index contributed by atoms with van der Waals surface area (Å²) in [5.74, 6) is 0.122. The van der Waals surface area contributed by atoms with Crippen molar-refractivity contribution in [2.24, 2.45) is 0 Å². The number of carbonyl (C=O) groups excluding carboxylic acids is 1. The van der Waals surface area contributed by atoms with Crippen molar-refractivity contribution in [3.05, 3.63) is 30.1 Å². The second-order valence-corrected chi connectivity index (χ2v) is 6.75. The zero-order valence-corrected chi connectivity index (χ0v) is 14.0. The molecule has 0 aromatic carbocycles. The van der Waals surface area contributed by atoms with Crippen LogP contribution >= 0.6 is 0 Å². The molecule has 0 bridgehead atoms. The molecule has 5 nitrogen and oxygen atoms in total. The van der Waals surface area contributed by atoms with Crippen molar-refractivity contribution in [1.82, 2.24) is 14.8 Å². The number of pyridine rings is 1. The standard InChI is InChI=1S/C18H27N3O2/c1-23-18(7-2-3-8-18)15-20-11-4-12-21(14-13-20)17(22)16-5-9-19-10-6-16/h5-6,9-10H,2-4,7-8,11-15H2,1H3. The normalized spacial score (nSPS) is 22.0. The van der Waals surface area contributed by atoms with Crippen LogP contribution in [0.5, 0.6) is 0 Å². The molecule has 1 saturated carbocycles. The van der Waals surface area contributed by atoms with E-state index >= 15 is 0 Å². The maximum atomic E-state index is 12.6. The van der Waals surface area contributed by atoms with E-state index in [9.17, 15) is 4.79 Å². The molecule has 1 saturated heterocycles. The number of aromatic nitrogens is 1. The van der Waals surface area contributed by atoms with Crippen LogP contribution < -0.4 is 0 Å². The first-order chi connectivity index (χ1) is 11.2. The molecular formula is C18H27N3O2. The Balaban J connectivity index is 1.58. The van der Waals surface area contributed by atoms with Crippen molar-refractivity contribution >= 4 is 5.91 Å². The summed E-state index contributed by atoms with van der Waals surface area (Å²) in [6.07, 6.45) is 9.26. The molecule has 5 heteroatoms. The summed E-state index contributed by atoms with van der Waals surface area (Å²) >= 11 is 0. The van der Waals surface area contributed by atoms with Gasteiger partial charge in [-0.2, -0.15) is 0 Å². The van der Waals surface area contributed by atoms with Crippen molar-refractivity contribution in [1.29, 1.82) is 0 Å². The van der Waals surface area contributed by atoms with Gasteiger partial charge >= 0.3 is 0 Å². The van der Waals surface area contributed by atoms with Gasteiger partial charge in [-0.25, -0.2) is 0 Å². The van der Waals surface area contributed by atoms with Crippen molar-refractivity contribution in [3.63, 3.8) is 0 Å². The molecule has 2 fully saturated rings. The average Bonchev–Trinajstić information content (AvgIpc) is 2.94. The first-order valence-corrected chi connectivity index (χ1v) is 8.69. The molecule has 0 spiro atoms. The van der Waals surface area contributed by atoms with Gasteiger partial charge in [-0.05, 0) is 31.4 Å². The van der Waals surface area contributed by atoms with Crippen molar-refractivity contribution < 1.29 is 9.53 Å². The molecule has 0 atom stereocenters. The average molecular weight is 317 g/mol. The second-order valence-electron chi connectivity index (χ2n) is 6.75. The quantitative estimate of drug-likeness (QED) is 0.854. The molecule has 1 aromatic rings. The van der Waals surface area contributed by atoms with E-state index in [-0.39, 0.29) is 11.5 Å². The third-order valence-electron chi connectivity index (χ3n) is 5.26. The summed E-state index contributed by atoms with van der Waals surface area (Å²) in [5, 5.41) is 0. The van der Waals surface area contributed by atoms with Gasteiger partial charge in [-0.1, -0.05) is 12.8 Å². The number of methoxy groups -OCH3 is 1. The van der Waals surface area contributed by atoms with Gasteiger partial charge < -0.3 is 9.64 Å². The van der Waals surface area contributed by atoms with Crippen LogP contribution in [0.15, 0.2) is 24.5 Å². The Kier molecular flexibility index (Phi) is 5.28. The summed E-state index contributed by atoms with van der Waals surface area (Å²) in [6.45, 7) is 4.60. The lowest BCUT2D eigenvalue weighted by molar-refractivity contribution is -0.0305. The van der Waals surface area contributed by atoms with Gasteiger partial charge in [0.05, 0.1) is 5.60 Å². The van der Waals surface area contributed by atoms with Gasteiger partial charge in [-0.3, -0.25) is 14.7 Å². The minimum Gasteiger partial charge on any atom is -0.377 e. The first kappa shape index (κ1) is 16.4. The highest BCUT2D eigenvalue weighted by molar-refractivity contribution is 5.94. The van der Waals surface area contributed by atoms with Crippen molar-refractivity contribution in [2.45, 2.75) is 37.7 Å². The lowest BCUT2D eigenvalue weighted by Gasteiger charge is -2.33. The fourth-order valence-corrected chi connectivity index (χ4v) is 3.86. The molecule has 23 heavy (non-hydrogen) atoms. The molecule has 2 heterocycles. The van der Waals surface area contributed by atoms with Gasteiger partial charge in [0.2, 0.25) is 0 Å². The van der Waals surface area contributed by atoms with E-state index in [4.69, 9.17) is 4.74 Å². The molecule has 1 aromatic heterocycles. The van der Waals surface area contributed by atoms with Gasteiger partial charge in [0.25, 0.3) is 5.91 Å². The van der Waals surface area contributed by atoms with E-state index in [0.29, 0.717) is 0 Å². The smallest absolute Gasteiger partial charge is 0.254 e. The number of ether oxygens (including phenoxy) is 1. The van der Waals surface area contributed by atoms with Crippen LogP contribution in [0.3, 0.4) is 0 Å². The number of hydrogen-bond acceptors (Lipinski definition) is 4. The van der Waals surface area contributed by atoms with Crippen LogP contribution in [-0.4, -0.2) is 66.1 Å². The highest BCUT2D eigenvalue weighted by atomic mass is 16.5. The monoisotopic (exact) mass is 317 g/mol. The second kappa shape index (κ2) is 7.41. The lowest BCUT2D eigenvalue weighted by atomic mass is 10.0. The minimum absolute atomic E-state index is 0.0459. The van der Waals surface area contributed by atoms with Gasteiger partial charge in [0, 0.05) is 57.8 Å². The maximum Gasteiger partial charge on any atom is 0.254 e.